The number of rotatable bonds is 3. The number of thiophene rings is 1. The quantitative estimate of drug-likeness (QED) is 0.727. The molecular weight excluding hydrogens is 272 g/mol. The maximum absolute atomic E-state index is 5.90. The second-order valence-electron chi connectivity index (χ2n) is 4.42. The summed E-state index contributed by atoms with van der Waals surface area (Å²) in [5, 5.41) is 0.984. The van der Waals surface area contributed by atoms with Crippen LogP contribution >= 0.6 is 11.3 Å². The molecule has 0 fully saturated rings. The second kappa shape index (κ2) is 5.09. The average molecular weight is 286 g/mol. The molecular formula is C15H14N2O2S. The summed E-state index contributed by atoms with van der Waals surface area (Å²) in [5.41, 5.74) is 1.17. The number of nitrogens with zero attached hydrogens (tertiary/aromatic N) is 2. The zero-order valence-electron chi connectivity index (χ0n) is 11.5. The standard InChI is InChI=1S/C15H14N2O2S/c1-9-10(2)20-15-13(9)14(16-8-17-15)19-12-6-4-5-11(7-12)18-3/h4-8H,1-3H3. The highest BCUT2D eigenvalue weighted by Gasteiger charge is 2.13. The second-order valence-corrected chi connectivity index (χ2v) is 5.63. The number of hydrogen-bond donors (Lipinski definition) is 0. The molecule has 5 heteroatoms. The summed E-state index contributed by atoms with van der Waals surface area (Å²) in [6.07, 6.45) is 1.53. The van der Waals surface area contributed by atoms with Gasteiger partial charge < -0.3 is 9.47 Å². The predicted molar refractivity (Wildman–Crippen MR) is 80.0 cm³/mol. The molecule has 0 atom stereocenters. The number of aryl methyl sites for hydroxylation is 2. The first-order valence-electron chi connectivity index (χ1n) is 6.21. The number of methoxy groups -OCH3 is 1. The average Bonchev–Trinajstić information content (AvgIpc) is 2.75. The van der Waals surface area contributed by atoms with Gasteiger partial charge in [-0.05, 0) is 31.5 Å². The number of benzene rings is 1. The van der Waals surface area contributed by atoms with Gasteiger partial charge >= 0.3 is 0 Å². The summed E-state index contributed by atoms with van der Waals surface area (Å²) >= 11 is 1.66. The summed E-state index contributed by atoms with van der Waals surface area (Å²) in [4.78, 5) is 10.8. The molecule has 0 aliphatic carbocycles. The summed E-state index contributed by atoms with van der Waals surface area (Å²) < 4.78 is 11.1. The van der Waals surface area contributed by atoms with Gasteiger partial charge in [-0.3, -0.25) is 0 Å². The van der Waals surface area contributed by atoms with Crippen molar-refractivity contribution in [2.75, 3.05) is 7.11 Å². The number of fused-ring (bicyclic) bond motifs is 1. The first kappa shape index (κ1) is 12.9. The molecule has 102 valence electrons. The lowest BCUT2D eigenvalue weighted by Crippen LogP contribution is -1.91. The van der Waals surface area contributed by atoms with Gasteiger partial charge in [-0.1, -0.05) is 6.07 Å². The van der Waals surface area contributed by atoms with Crippen molar-refractivity contribution in [1.29, 1.82) is 0 Å². The third-order valence-electron chi connectivity index (χ3n) is 3.19. The molecule has 0 saturated carbocycles. The van der Waals surface area contributed by atoms with E-state index >= 15 is 0 Å². The van der Waals surface area contributed by atoms with Crippen LogP contribution in [0.4, 0.5) is 0 Å². The van der Waals surface area contributed by atoms with Crippen LogP contribution in [-0.4, -0.2) is 17.1 Å². The van der Waals surface area contributed by atoms with E-state index in [9.17, 15) is 0 Å². The Balaban J connectivity index is 2.06. The van der Waals surface area contributed by atoms with Crippen LogP contribution in [0.1, 0.15) is 10.4 Å². The first-order chi connectivity index (χ1) is 9.69. The lowest BCUT2D eigenvalue weighted by atomic mass is 10.2. The highest BCUT2D eigenvalue weighted by molar-refractivity contribution is 7.18. The van der Waals surface area contributed by atoms with E-state index in [-0.39, 0.29) is 0 Å². The van der Waals surface area contributed by atoms with E-state index in [1.807, 2.05) is 24.3 Å². The van der Waals surface area contributed by atoms with Crippen LogP contribution < -0.4 is 9.47 Å². The number of aromatic nitrogens is 2. The molecule has 0 aliphatic rings. The third kappa shape index (κ3) is 2.20. The van der Waals surface area contributed by atoms with Crippen molar-refractivity contribution >= 4 is 21.6 Å². The molecule has 0 unspecified atom stereocenters. The molecule has 3 aromatic rings. The fourth-order valence-corrected chi connectivity index (χ4v) is 2.99. The Hall–Kier alpha value is -2.14. The SMILES string of the molecule is COc1cccc(Oc2ncnc3sc(C)c(C)c23)c1. The van der Waals surface area contributed by atoms with Gasteiger partial charge in [-0.25, -0.2) is 9.97 Å². The Kier molecular flexibility index (Phi) is 3.28. The van der Waals surface area contributed by atoms with Gasteiger partial charge in [0.05, 0.1) is 12.5 Å². The van der Waals surface area contributed by atoms with Crippen LogP contribution in [0.15, 0.2) is 30.6 Å². The largest absolute Gasteiger partial charge is 0.497 e. The van der Waals surface area contributed by atoms with Crippen molar-refractivity contribution in [3.8, 4) is 17.4 Å². The molecule has 2 aromatic heterocycles. The number of ether oxygens (including phenoxy) is 2. The zero-order chi connectivity index (χ0) is 14.1. The van der Waals surface area contributed by atoms with Crippen molar-refractivity contribution in [2.24, 2.45) is 0 Å². The lowest BCUT2D eigenvalue weighted by Gasteiger charge is -2.07. The zero-order valence-corrected chi connectivity index (χ0v) is 12.3. The van der Waals surface area contributed by atoms with Crippen molar-refractivity contribution < 1.29 is 9.47 Å². The molecule has 1 aromatic carbocycles. The van der Waals surface area contributed by atoms with Gasteiger partial charge in [0.2, 0.25) is 5.88 Å². The Labute approximate surface area is 121 Å². The van der Waals surface area contributed by atoms with E-state index in [2.05, 4.69) is 23.8 Å². The fraction of sp³-hybridized carbons (Fsp3) is 0.200. The normalized spacial score (nSPS) is 10.8. The van der Waals surface area contributed by atoms with Crippen LogP contribution in [-0.2, 0) is 0 Å². The first-order valence-corrected chi connectivity index (χ1v) is 7.03. The van der Waals surface area contributed by atoms with Crippen LogP contribution in [0.25, 0.3) is 10.2 Å². The molecule has 3 rings (SSSR count). The summed E-state index contributed by atoms with van der Waals surface area (Å²) in [6, 6.07) is 7.48. The molecule has 0 amide bonds. The van der Waals surface area contributed by atoms with Crippen molar-refractivity contribution in [3.05, 3.63) is 41.0 Å². The third-order valence-corrected chi connectivity index (χ3v) is 4.30. The number of hydrogen-bond acceptors (Lipinski definition) is 5. The van der Waals surface area contributed by atoms with E-state index in [1.165, 1.54) is 16.8 Å². The fourth-order valence-electron chi connectivity index (χ4n) is 2.00. The van der Waals surface area contributed by atoms with Gasteiger partial charge in [0.25, 0.3) is 0 Å². The van der Waals surface area contributed by atoms with Crippen molar-refractivity contribution in [1.82, 2.24) is 9.97 Å². The molecule has 2 heterocycles. The Morgan fingerprint density at radius 3 is 2.70 bits per heavy atom. The minimum atomic E-state index is 0.588. The van der Waals surface area contributed by atoms with E-state index in [0.29, 0.717) is 11.6 Å². The molecule has 4 nitrogen and oxygen atoms in total. The highest BCUT2D eigenvalue weighted by atomic mass is 32.1. The van der Waals surface area contributed by atoms with Crippen LogP contribution in [0.3, 0.4) is 0 Å². The van der Waals surface area contributed by atoms with Gasteiger partial charge in [0.15, 0.2) is 0 Å². The Morgan fingerprint density at radius 2 is 1.90 bits per heavy atom. The van der Waals surface area contributed by atoms with Gasteiger partial charge in [-0.15, -0.1) is 11.3 Å². The Morgan fingerprint density at radius 1 is 1.10 bits per heavy atom. The van der Waals surface area contributed by atoms with Crippen LogP contribution in [0, 0.1) is 13.8 Å². The van der Waals surface area contributed by atoms with Crippen LogP contribution in [0.5, 0.6) is 17.4 Å². The molecule has 20 heavy (non-hydrogen) atoms. The van der Waals surface area contributed by atoms with Crippen LogP contribution in [0.2, 0.25) is 0 Å². The van der Waals surface area contributed by atoms with E-state index < -0.39 is 0 Å². The predicted octanol–water partition coefficient (Wildman–Crippen LogP) is 4.11. The maximum Gasteiger partial charge on any atom is 0.231 e. The van der Waals surface area contributed by atoms with Gasteiger partial charge in [0, 0.05) is 10.9 Å². The summed E-state index contributed by atoms with van der Waals surface area (Å²) in [5.74, 6) is 2.05. The molecule has 0 aliphatic heterocycles. The summed E-state index contributed by atoms with van der Waals surface area (Å²) in [6.45, 7) is 4.15. The summed E-state index contributed by atoms with van der Waals surface area (Å²) in [7, 11) is 1.63. The van der Waals surface area contributed by atoms with E-state index in [1.54, 1.807) is 18.4 Å². The maximum atomic E-state index is 5.90. The van der Waals surface area contributed by atoms with Crippen molar-refractivity contribution in [2.45, 2.75) is 13.8 Å². The molecule has 0 radical (unpaired) electrons. The molecule has 0 bridgehead atoms. The van der Waals surface area contributed by atoms with Gasteiger partial charge in [-0.2, -0.15) is 0 Å². The monoisotopic (exact) mass is 286 g/mol. The molecule has 0 saturated heterocycles. The minimum absolute atomic E-state index is 0.588. The van der Waals surface area contributed by atoms with E-state index in [0.717, 1.165) is 16.0 Å². The van der Waals surface area contributed by atoms with Gasteiger partial charge in [0.1, 0.15) is 22.7 Å². The molecule has 0 spiro atoms. The lowest BCUT2D eigenvalue weighted by molar-refractivity contribution is 0.408. The molecule has 0 N–H and O–H groups in total. The minimum Gasteiger partial charge on any atom is -0.497 e. The van der Waals surface area contributed by atoms with Crippen molar-refractivity contribution in [3.63, 3.8) is 0 Å². The topological polar surface area (TPSA) is 44.2 Å². The van der Waals surface area contributed by atoms with E-state index in [4.69, 9.17) is 9.47 Å². The highest BCUT2D eigenvalue weighted by Crippen LogP contribution is 2.36. The Bertz CT molecular complexity index is 768. The smallest absolute Gasteiger partial charge is 0.231 e.